The largest absolute Gasteiger partial charge is 0.347 e. The van der Waals surface area contributed by atoms with Gasteiger partial charge in [0.2, 0.25) is 0 Å². The molecule has 0 spiro atoms. The molecule has 36 heavy (non-hydrogen) atoms. The van der Waals surface area contributed by atoms with Crippen molar-refractivity contribution in [3.05, 3.63) is 102 Å². The van der Waals surface area contributed by atoms with E-state index in [1.165, 1.54) is 11.3 Å². The van der Waals surface area contributed by atoms with Gasteiger partial charge in [-0.3, -0.25) is 9.69 Å². The number of aromatic amines is 1. The second-order valence-electron chi connectivity index (χ2n) is 9.86. The van der Waals surface area contributed by atoms with E-state index in [4.69, 9.17) is 0 Å². The van der Waals surface area contributed by atoms with Crippen molar-refractivity contribution in [1.82, 2.24) is 19.8 Å². The zero-order valence-corrected chi connectivity index (χ0v) is 21.1. The van der Waals surface area contributed by atoms with Crippen molar-refractivity contribution in [2.45, 2.75) is 51.1 Å². The van der Waals surface area contributed by atoms with Crippen LogP contribution < -0.4 is 0 Å². The molecule has 1 aliphatic heterocycles. The fraction of sp³-hybridized carbons (Fsp3) is 0.355. The SMILES string of the molecule is CCCC[C@H]1CN(C(=O)c2cccc3ccccc23)CCN1C(CCc1ccccc1)c1cnc[nH]1. The lowest BCUT2D eigenvalue weighted by Gasteiger charge is -2.45. The van der Waals surface area contributed by atoms with E-state index >= 15 is 0 Å². The number of fused-ring (bicyclic) bond motifs is 1. The van der Waals surface area contributed by atoms with Crippen molar-refractivity contribution < 1.29 is 4.79 Å². The van der Waals surface area contributed by atoms with Crippen LogP contribution in [0.25, 0.3) is 10.8 Å². The number of carbonyl (C=O) groups is 1. The third-order valence-corrected chi connectivity index (χ3v) is 7.55. The number of rotatable bonds is 9. The van der Waals surface area contributed by atoms with Crippen LogP contribution in [0, 0.1) is 0 Å². The Morgan fingerprint density at radius 3 is 2.64 bits per heavy atom. The molecule has 0 bridgehead atoms. The van der Waals surface area contributed by atoms with Crippen molar-refractivity contribution in [2.24, 2.45) is 0 Å². The van der Waals surface area contributed by atoms with Gasteiger partial charge in [-0.2, -0.15) is 0 Å². The Kier molecular flexibility index (Phi) is 7.77. The van der Waals surface area contributed by atoms with Crippen LogP contribution in [0.2, 0.25) is 0 Å². The first-order chi connectivity index (χ1) is 17.7. The Morgan fingerprint density at radius 2 is 1.83 bits per heavy atom. The van der Waals surface area contributed by atoms with Crippen LogP contribution in [0.4, 0.5) is 0 Å². The van der Waals surface area contributed by atoms with Crippen LogP contribution >= 0.6 is 0 Å². The van der Waals surface area contributed by atoms with Gasteiger partial charge in [0.25, 0.3) is 5.91 Å². The molecule has 186 valence electrons. The molecular weight excluding hydrogens is 444 g/mol. The number of nitrogens with zero attached hydrogens (tertiary/aromatic N) is 3. The second kappa shape index (κ2) is 11.5. The number of H-pyrrole nitrogens is 1. The van der Waals surface area contributed by atoms with E-state index in [1.807, 2.05) is 30.5 Å². The van der Waals surface area contributed by atoms with Crippen molar-refractivity contribution in [2.75, 3.05) is 19.6 Å². The Bertz CT molecular complexity index is 1250. The average Bonchev–Trinajstić information content (AvgIpc) is 3.47. The molecule has 3 aromatic carbocycles. The van der Waals surface area contributed by atoms with E-state index in [0.29, 0.717) is 6.04 Å². The molecule has 0 radical (unpaired) electrons. The Labute approximate surface area is 214 Å². The van der Waals surface area contributed by atoms with Crippen LogP contribution in [-0.4, -0.2) is 51.4 Å². The Balaban J connectivity index is 1.38. The van der Waals surface area contributed by atoms with Gasteiger partial charge in [-0.05, 0) is 41.7 Å². The van der Waals surface area contributed by atoms with Crippen LogP contribution in [0.1, 0.15) is 60.3 Å². The molecule has 2 heterocycles. The first kappa shape index (κ1) is 24.3. The molecule has 5 nitrogen and oxygen atoms in total. The molecular formula is C31H36N4O. The smallest absolute Gasteiger partial charge is 0.254 e. The number of benzene rings is 3. The molecule has 1 unspecified atom stereocenters. The van der Waals surface area contributed by atoms with Gasteiger partial charge in [0, 0.05) is 37.4 Å². The van der Waals surface area contributed by atoms with E-state index in [1.54, 1.807) is 6.33 Å². The first-order valence-corrected chi connectivity index (χ1v) is 13.3. The lowest BCUT2D eigenvalue weighted by Crippen LogP contribution is -2.55. The molecule has 4 aromatic rings. The topological polar surface area (TPSA) is 52.2 Å². The Hall–Kier alpha value is -3.44. The fourth-order valence-corrected chi connectivity index (χ4v) is 5.64. The van der Waals surface area contributed by atoms with Crippen LogP contribution in [-0.2, 0) is 6.42 Å². The number of amides is 1. The summed E-state index contributed by atoms with van der Waals surface area (Å²) in [5.74, 6) is 0.148. The maximum atomic E-state index is 13.7. The molecule has 1 saturated heterocycles. The molecule has 5 rings (SSSR count). The first-order valence-electron chi connectivity index (χ1n) is 13.3. The summed E-state index contributed by atoms with van der Waals surface area (Å²) in [4.78, 5) is 26.2. The highest BCUT2D eigenvalue weighted by molar-refractivity contribution is 6.07. The van der Waals surface area contributed by atoms with E-state index < -0.39 is 0 Å². The summed E-state index contributed by atoms with van der Waals surface area (Å²) in [6.07, 6.45) is 9.19. The summed E-state index contributed by atoms with van der Waals surface area (Å²) in [5.41, 5.74) is 3.34. The minimum Gasteiger partial charge on any atom is -0.347 e. The zero-order chi connectivity index (χ0) is 24.7. The van der Waals surface area contributed by atoms with Gasteiger partial charge in [0.1, 0.15) is 0 Å². The van der Waals surface area contributed by atoms with Crippen LogP contribution in [0.15, 0.2) is 85.3 Å². The fourth-order valence-electron chi connectivity index (χ4n) is 5.64. The van der Waals surface area contributed by atoms with E-state index in [9.17, 15) is 4.79 Å². The summed E-state index contributed by atoms with van der Waals surface area (Å²) >= 11 is 0. The van der Waals surface area contributed by atoms with Crippen molar-refractivity contribution in [1.29, 1.82) is 0 Å². The van der Waals surface area contributed by atoms with Gasteiger partial charge < -0.3 is 9.88 Å². The van der Waals surface area contributed by atoms with Gasteiger partial charge >= 0.3 is 0 Å². The lowest BCUT2D eigenvalue weighted by atomic mass is 9.96. The standard InChI is InChI=1S/C31H36N4O/c1-2-3-14-26-22-34(31(36)28-16-9-13-25-12-7-8-15-27(25)28)19-20-35(26)30(29-21-32-23-33-29)18-17-24-10-5-4-6-11-24/h4-13,15-16,21,23,26,30H,2-3,14,17-20,22H2,1H3,(H,32,33)/t26-,30?/m0/s1. The number of piperazine rings is 1. The highest BCUT2D eigenvalue weighted by Crippen LogP contribution is 2.31. The quantitative estimate of drug-likeness (QED) is 0.308. The number of carbonyl (C=O) groups excluding carboxylic acids is 1. The summed E-state index contributed by atoms with van der Waals surface area (Å²) in [7, 11) is 0. The normalized spacial score (nSPS) is 17.4. The van der Waals surface area contributed by atoms with Crippen LogP contribution in [0.5, 0.6) is 0 Å². The van der Waals surface area contributed by atoms with Crippen molar-refractivity contribution in [3.63, 3.8) is 0 Å². The van der Waals surface area contributed by atoms with Gasteiger partial charge in [0.15, 0.2) is 0 Å². The van der Waals surface area contributed by atoms with Crippen LogP contribution in [0.3, 0.4) is 0 Å². The maximum absolute atomic E-state index is 13.7. The molecule has 1 aliphatic rings. The maximum Gasteiger partial charge on any atom is 0.254 e. The third-order valence-electron chi connectivity index (χ3n) is 7.55. The highest BCUT2D eigenvalue weighted by atomic mass is 16.2. The summed E-state index contributed by atoms with van der Waals surface area (Å²) < 4.78 is 0. The lowest BCUT2D eigenvalue weighted by molar-refractivity contribution is 0.0259. The second-order valence-corrected chi connectivity index (χ2v) is 9.86. The summed E-state index contributed by atoms with van der Waals surface area (Å²) in [6, 6.07) is 25.5. The molecule has 0 aliphatic carbocycles. The number of aromatic nitrogens is 2. The van der Waals surface area contributed by atoms with Gasteiger partial charge in [0.05, 0.1) is 18.1 Å². The van der Waals surface area contributed by atoms with Gasteiger partial charge in [-0.15, -0.1) is 0 Å². The highest BCUT2D eigenvalue weighted by Gasteiger charge is 2.35. The molecule has 2 atom stereocenters. The monoisotopic (exact) mass is 480 g/mol. The molecule has 1 N–H and O–H groups in total. The number of nitrogens with one attached hydrogen (secondary N) is 1. The Morgan fingerprint density at radius 1 is 1.03 bits per heavy atom. The number of unbranched alkanes of at least 4 members (excludes halogenated alkanes) is 1. The van der Waals surface area contributed by atoms with E-state index in [2.05, 4.69) is 75.2 Å². The third kappa shape index (κ3) is 5.36. The van der Waals surface area contributed by atoms with Crippen molar-refractivity contribution in [3.8, 4) is 0 Å². The predicted molar refractivity (Wildman–Crippen MR) is 146 cm³/mol. The predicted octanol–water partition coefficient (Wildman–Crippen LogP) is 6.25. The molecule has 0 saturated carbocycles. The molecule has 1 amide bonds. The van der Waals surface area contributed by atoms with Gasteiger partial charge in [-0.25, -0.2) is 4.98 Å². The number of hydrogen-bond donors (Lipinski definition) is 1. The minimum atomic E-state index is 0.148. The van der Waals surface area contributed by atoms with E-state index in [0.717, 1.165) is 68.1 Å². The number of hydrogen-bond acceptors (Lipinski definition) is 3. The van der Waals surface area contributed by atoms with E-state index in [-0.39, 0.29) is 11.9 Å². The summed E-state index contributed by atoms with van der Waals surface area (Å²) in [5, 5.41) is 2.15. The van der Waals surface area contributed by atoms with Crippen molar-refractivity contribution >= 4 is 16.7 Å². The number of aryl methyl sites for hydroxylation is 1. The molecule has 5 heteroatoms. The summed E-state index contributed by atoms with van der Waals surface area (Å²) in [6.45, 7) is 4.61. The average molecular weight is 481 g/mol. The minimum absolute atomic E-state index is 0.148. The molecule has 1 aromatic heterocycles. The number of imidazole rings is 1. The zero-order valence-electron chi connectivity index (χ0n) is 21.1. The van der Waals surface area contributed by atoms with Gasteiger partial charge in [-0.1, -0.05) is 86.5 Å². The molecule has 1 fully saturated rings.